The fourth-order valence-electron chi connectivity index (χ4n) is 1.34. The van der Waals surface area contributed by atoms with E-state index in [1.165, 1.54) is 0 Å². The minimum absolute atomic E-state index is 0.163. The van der Waals surface area contributed by atoms with Crippen LogP contribution in [0.3, 0.4) is 0 Å². The minimum Gasteiger partial charge on any atom is -0.380 e. The van der Waals surface area contributed by atoms with Crippen LogP contribution in [0, 0.1) is 0 Å². The minimum atomic E-state index is -0.329. The Hall–Kier alpha value is -0.420. The third kappa shape index (κ3) is 3.08. The van der Waals surface area contributed by atoms with E-state index in [-0.39, 0.29) is 12.1 Å². The Morgan fingerprint density at radius 2 is 2.54 bits per heavy atom. The van der Waals surface area contributed by atoms with Crippen LogP contribution in [-0.2, 0) is 4.74 Å². The molecule has 13 heavy (non-hydrogen) atoms. The molecule has 4 nitrogen and oxygen atoms in total. The fraction of sp³-hybridized carbons (Fsp3) is 0.875. The van der Waals surface area contributed by atoms with E-state index in [1.807, 2.05) is 18.7 Å². The number of urea groups is 1. The molecule has 0 unspecified atom stereocenters. The third-order valence-corrected chi connectivity index (χ3v) is 3.12. The molecule has 0 aromatic rings. The number of rotatable bonds is 3. The highest BCUT2D eigenvalue weighted by Crippen LogP contribution is 2.16. The van der Waals surface area contributed by atoms with E-state index in [0.29, 0.717) is 13.2 Å². The number of hydrogen-bond acceptors (Lipinski definition) is 3. The molecule has 0 aliphatic carbocycles. The van der Waals surface area contributed by atoms with Crippen LogP contribution in [0.15, 0.2) is 0 Å². The Kier molecular flexibility index (Phi) is 4.38. The zero-order chi connectivity index (χ0) is 9.68. The van der Waals surface area contributed by atoms with Crippen molar-refractivity contribution in [3.05, 3.63) is 0 Å². The van der Waals surface area contributed by atoms with E-state index in [4.69, 9.17) is 10.5 Å². The molecule has 2 amide bonds. The highest BCUT2D eigenvalue weighted by atomic mass is 32.2. The molecule has 1 saturated heterocycles. The quantitative estimate of drug-likeness (QED) is 0.729. The molecular formula is C8H16N2O2S. The molecule has 0 spiro atoms. The summed E-state index contributed by atoms with van der Waals surface area (Å²) in [6, 6.07) is -0.166. The molecule has 2 N–H and O–H groups in total. The average Bonchev–Trinajstić information content (AvgIpc) is 2.15. The lowest BCUT2D eigenvalue weighted by atomic mass is 10.3. The van der Waals surface area contributed by atoms with Gasteiger partial charge < -0.3 is 15.4 Å². The van der Waals surface area contributed by atoms with Gasteiger partial charge in [-0.25, -0.2) is 4.79 Å². The van der Waals surface area contributed by atoms with Crippen LogP contribution in [0.2, 0.25) is 0 Å². The number of thioether (sulfide) groups is 1. The Bertz CT molecular complexity index is 178. The summed E-state index contributed by atoms with van der Waals surface area (Å²) >= 11 is 1.85. The largest absolute Gasteiger partial charge is 0.380 e. The summed E-state index contributed by atoms with van der Waals surface area (Å²) in [5.74, 6) is 1.91. The zero-order valence-corrected chi connectivity index (χ0v) is 8.68. The molecule has 1 aliphatic heterocycles. The topological polar surface area (TPSA) is 55.6 Å². The smallest absolute Gasteiger partial charge is 0.315 e. The summed E-state index contributed by atoms with van der Waals surface area (Å²) in [6.45, 7) is 3.99. The van der Waals surface area contributed by atoms with Crippen LogP contribution in [0.1, 0.15) is 6.92 Å². The van der Waals surface area contributed by atoms with E-state index >= 15 is 0 Å². The molecule has 0 saturated carbocycles. The molecule has 0 bridgehead atoms. The second-order valence-electron chi connectivity index (χ2n) is 2.92. The summed E-state index contributed by atoms with van der Waals surface area (Å²) in [6.07, 6.45) is 0. The van der Waals surface area contributed by atoms with E-state index in [0.717, 1.165) is 18.1 Å². The number of nitrogens with two attached hydrogens (primary N) is 1. The van der Waals surface area contributed by atoms with E-state index in [2.05, 4.69) is 0 Å². The van der Waals surface area contributed by atoms with E-state index in [9.17, 15) is 4.79 Å². The molecule has 1 rings (SSSR count). The monoisotopic (exact) mass is 204 g/mol. The van der Waals surface area contributed by atoms with Crippen molar-refractivity contribution in [3.63, 3.8) is 0 Å². The van der Waals surface area contributed by atoms with Crippen molar-refractivity contribution < 1.29 is 9.53 Å². The van der Waals surface area contributed by atoms with Crippen LogP contribution in [0.5, 0.6) is 0 Å². The maximum absolute atomic E-state index is 11.0. The number of ether oxygens (including phenoxy) is 1. The molecule has 0 aromatic carbocycles. The number of nitrogens with zero attached hydrogens (tertiary/aromatic N) is 1. The van der Waals surface area contributed by atoms with Crippen LogP contribution in [0.25, 0.3) is 0 Å². The first-order valence-electron chi connectivity index (χ1n) is 4.47. The zero-order valence-electron chi connectivity index (χ0n) is 7.86. The number of primary amides is 1. The van der Waals surface area contributed by atoms with Crippen molar-refractivity contribution in [1.29, 1.82) is 0 Å². The number of hydrogen-bond donors (Lipinski definition) is 1. The first kappa shape index (κ1) is 10.7. The van der Waals surface area contributed by atoms with E-state index < -0.39 is 0 Å². The number of amides is 2. The van der Waals surface area contributed by atoms with Crippen molar-refractivity contribution in [2.24, 2.45) is 5.73 Å². The van der Waals surface area contributed by atoms with Crippen molar-refractivity contribution in [3.8, 4) is 0 Å². The summed E-state index contributed by atoms with van der Waals surface area (Å²) in [5, 5.41) is 0. The third-order valence-electron chi connectivity index (χ3n) is 2.02. The summed E-state index contributed by atoms with van der Waals surface area (Å²) < 4.78 is 5.29. The molecular weight excluding hydrogens is 188 g/mol. The molecule has 0 radical (unpaired) electrons. The molecule has 0 aromatic heterocycles. The standard InChI is InChI=1S/C8H16N2O2S/c1-2-12-5-7-6-13-4-3-10(7)8(9)11/h7H,2-6H2,1H3,(H2,9,11)/t7-/m0/s1. The normalized spacial score (nSPS) is 23.2. The van der Waals surface area contributed by atoms with Crippen LogP contribution in [0.4, 0.5) is 4.79 Å². The van der Waals surface area contributed by atoms with Gasteiger partial charge in [0, 0.05) is 24.7 Å². The van der Waals surface area contributed by atoms with Crippen molar-refractivity contribution in [1.82, 2.24) is 4.90 Å². The van der Waals surface area contributed by atoms with Crippen LogP contribution < -0.4 is 5.73 Å². The lowest BCUT2D eigenvalue weighted by Gasteiger charge is -2.33. The van der Waals surface area contributed by atoms with Gasteiger partial charge in [-0.3, -0.25) is 0 Å². The maximum Gasteiger partial charge on any atom is 0.315 e. The van der Waals surface area contributed by atoms with Gasteiger partial charge >= 0.3 is 6.03 Å². The number of carbonyl (C=O) groups excluding carboxylic acids is 1. The fourth-order valence-corrected chi connectivity index (χ4v) is 2.38. The molecule has 1 atom stereocenters. The Balaban J connectivity index is 2.41. The maximum atomic E-state index is 11.0. The lowest BCUT2D eigenvalue weighted by molar-refractivity contribution is 0.0896. The Morgan fingerprint density at radius 1 is 1.77 bits per heavy atom. The van der Waals surface area contributed by atoms with Gasteiger partial charge in [0.25, 0.3) is 0 Å². The Morgan fingerprint density at radius 3 is 3.15 bits per heavy atom. The SMILES string of the molecule is CCOC[C@H]1CSCCN1C(N)=O. The average molecular weight is 204 g/mol. The summed E-state index contributed by atoms with van der Waals surface area (Å²) in [5.41, 5.74) is 5.25. The first-order chi connectivity index (χ1) is 6.25. The van der Waals surface area contributed by atoms with Gasteiger partial charge in [-0.05, 0) is 6.92 Å². The molecule has 5 heteroatoms. The second kappa shape index (κ2) is 5.34. The van der Waals surface area contributed by atoms with Gasteiger partial charge in [-0.2, -0.15) is 11.8 Å². The first-order valence-corrected chi connectivity index (χ1v) is 5.62. The molecule has 76 valence electrons. The molecule has 1 aliphatic rings. The van der Waals surface area contributed by atoms with Gasteiger partial charge in [0.15, 0.2) is 0 Å². The van der Waals surface area contributed by atoms with Crippen LogP contribution in [-0.4, -0.2) is 48.2 Å². The van der Waals surface area contributed by atoms with Crippen molar-refractivity contribution in [2.75, 3.05) is 31.3 Å². The summed E-state index contributed by atoms with van der Waals surface area (Å²) in [4.78, 5) is 12.7. The predicted octanol–water partition coefficient (Wildman–Crippen LogP) is 0.519. The van der Waals surface area contributed by atoms with Crippen molar-refractivity contribution in [2.45, 2.75) is 13.0 Å². The predicted molar refractivity (Wildman–Crippen MR) is 53.9 cm³/mol. The highest BCUT2D eigenvalue weighted by molar-refractivity contribution is 7.99. The summed E-state index contributed by atoms with van der Waals surface area (Å²) in [7, 11) is 0. The Labute approximate surface area is 82.8 Å². The van der Waals surface area contributed by atoms with Crippen LogP contribution >= 0.6 is 11.8 Å². The van der Waals surface area contributed by atoms with Gasteiger partial charge in [0.2, 0.25) is 0 Å². The van der Waals surface area contributed by atoms with Crippen molar-refractivity contribution >= 4 is 17.8 Å². The van der Waals surface area contributed by atoms with Gasteiger partial charge in [-0.1, -0.05) is 0 Å². The van der Waals surface area contributed by atoms with Gasteiger partial charge in [-0.15, -0.1) is 0 Å². The molecule has 1 heterocycles. The highest BCUT2D eigenvalue weighted by Gasteiger charge is 2.25. The molecule has 1 fully saturated rings. The van der Waals surface area contributed by atoms with E-state index in [1.54, 1.807) is 4.90 Å². The van der Waals surface area contributed by atoms with Gasteiger partial charge in [0.05, 0.1) is 12.6 Å². The second-order valence-corrected chi connectivity index (χ2v) is 4.07. The van der Waals surface area contributed by atoms with Gasteiger partial charge in [0.1, 0.15) is 0 Å². The lowest BCUT2D eigenvalue weighted by Crippen LogP contribution is -2.50. The number of carbonyl (C=O) groups is 1.